The Hall–Kier alpha value is -0.930. The van der Waals surface area contributed by atoms with Crippen LogP contribution in [-0.2, 0) is 6.42 Å². The molecule has 0 heterocycles. The molecular weight excluding hydrogens is 217 g/mol. The molecule has 94 valence electrons. The maximum Gasteiger partial charge on any atom is 0.126 e. The van der Waals surface area contributed by atoms with Gasteiger partial charge in [0.25, 0.3) is 0 Å². The van der Waals surface area contributed by atoms with E-state index in [1.54, 1.807) is 12.1 Å². The second-order valence-electron chi connectivity index (χ2n) is 4.96. The molecule has 2 nitrogen and oxygen atoms in total. The van der Waals surface area contributed by atoms with Gasteiger partial charge >= 0.3 is 0 Å². The largest absolute Gasteiger partial charge is 0.388 e. The lowest BCUT2D eigenvalue weighted by atomic mass is 9.76. The third-order valence-electron chi connectivity index (χ3n) is 3.80. The first-order valence-electron chi connectivity index (χ1n) is 6.29. The summed E-state index contributed by atoms with van der Waals surface area (Å²) in [6.45, 7) is 0. The normalized spacial score (nSPS) is 29.2. The Balaban J connectivity index is 2.18. The molecule has 1 aromatic carbocycles. The van der Waals surface area contributed by atoms with Crippen molar-refractivity contribution in [3.8, 4) is 0 Å². The summed E-state index contributed by atoms with van der Waals surface area (Å²) < 4.78 is 13.6. The molecule has 0 bridgehead atoms. The molecule has 2 unspecified atom stereocenters. The second-order valence-corrected chi connectivity index (χ2v) is 4.96. The fraction of sp³-hybridized carbons (Fsp3) is 0.571. The minimum absolute atomic E-state index is 0.0656. The van der Waals surface area contributed by atoms with Crippen LogP contribution in [0.3, 0.4) is 0 Å². The van der Waals surface area contributed by atoms with E-state index < -0.39 is 5.60 Å². The lowest BCUT2D eigenvalue weighted by molar-refractivity contribution is -0.0246. The molecule has 1 saturated carbocycles. The first-order valence-corrected chi connectivity index (χ1v) is 6.29. The van der Waals surface area contributed by atoms with Gasteiger partial charge in [0.05, 0.1) is 5.60 Å². The minimum Gasteiger partial charge on any atom is -0.388 e. The smallest absolute Gasteiger partial charge is 0.126 e. The summed E-state index contributed by atoms with van der Waals surface area (Å²) in [4.78, 5) is 0. The van der Waals surface area contributed by atoms with Gasteiger partial charge in [-0.1, -0.05) is 31.0 Å². The van der Waals surface area contributed by atoms with Crippen molar-refractivity contribution in [1.82, 2.24) is 5.32 Å². The van der Waals surface area contributed by atoms with Gasteiger partial charge in [-0.05, 0) is 31.5 Å². The maximum atomic E-state index is 13.6. The molecule has 2 rings (SSSR count). The molecule has 2 N–H and O–H groups in total. The molecular formula is C14H20FNO. The maximum absolute atomic E-state index is 13.6. The number of benzene rings is 1. The van der Waals surface area contributed by atoms with Crippen LogP contribution in [0.5, 0.6) is 0 Å². The third-order valence-corrected chi connectivity index (χ3v) is 3.80. The van der Waals surface area contributed by atoms with Crippen LogP contribution >= 0.6 is 0 Å². The first kappa shape index (κ1) is 12.5. The van der Waals surface area contributed by atoms with E-state index in [9.17, 15) is 9.50 Å². The van der Waals surface area contributed by atoms with Crippen LogP contribution in [0, 0.1) is 5.82 Å². The minimum atomic E-state index is -0.810. The molecule has 1 aromatic rings. The molecule has 0 aromatic heterocycles. The predicted molar refractivity (Wildman–Crippen MR) is 66.4 cm³/mol. The number of hydrogen-bond acceptors (Lipinski definition) is 2. The van der Waals surface area contributed by atoms with Crippen LogP contribution in [0.2, 0.25) is 0 Å². The fourth-order valence-corrected chi connectivity index (χ4v) is 2.82. The molecule has 1 fully saturated rings. The van der Waals surface area contributed by atoms with Gasteiger partial charge in [0.2, 0.25) is 0 Å². The van der Waals surface area contributed by atoms with Crippen molar-refractivity contribution in [3.63, 3.8) is 0 Å². The van der Waals surface area contributed by atoms with Gasteiger partial charge in [0, 0.05) is 12.5 Å². The molecule has 3 heteroatoms. The van der Waals surface area contributed by atoms with Crippen LogP contribution in [0.25, 0.3) is 0 Å². The number of halogens is 1. The Morgan fingerprint density at radius 2 is 2.18 bits per heavy atom. The number of nitrogens with one attached hydrogen (secondary N) is 1. The Bertz CT molecular complexity index is 382. The van der Waals surface area contributed by atoms with Crippen LogP contribution in [0.15, 0.2) is 24.3 Å². The van der Waals surface area contributed by atoms with E-state index in [0.29, 0.717) is 12.0 Å². The van der Waals surface area contributed by atoms with Crippen molar-refractivity contribution in [2.24, 2.45) is 0 Å². The molecule has 0 radical (unpaired) electrons. The highest BCUT2D eigenvalue weighted by Gasteiger charge is 2.38. The zero-order chi connectivity index (χ0) is 12.3. The van der Waals surface area contributed by atoms with Gasteiger partial charge in [0.1, 0.15) is 5.82 Å². The molecule has 0 saturated heterocycles. The fourth-order valence-electron chi connectivity index (χ4n) is 2.82. The zero-order valence-corrected chi connectivity index (χ0v) is 10.2. The molecule has 0 spiro atoms. The summed E-state index contributed by atoms with van der Waals surface area (Å²) in [6.07, 6.45) is 4.24. The Morgan fingerprint density at radius 1 is 1.41 bits per heavy atom. The van der Waals surface area contributed by atoms with E-state index in [4.69, 9.17) is 0 Å². The number of aliphatic hydroxyl groups is 1. The highest BCUT2D eigenvalue weighted by Crippen LogP contribution is 2.32. The highest BCUT2D eigenvalue weighted by atomic mass is 19.1. The van der Waals surface area contributed by atoms with Gasteiger partial charge in [-0.15, -0.1) is 0 Å². The zero-order valence-electron chi connectivity index (χ0n) is 10.2. The summed E-state index contributed by atoms with van der Waals surface area (Å²) in [5.74, 6) is -0.221. The van der Waals surface area contributed by atoms with Gasteiger partial charge < -0.3 is 10.4 Å². The third kappa shape index (κ3) is 2.67. The van der Waals surface area contributed by atoms with E-state index in [2.05, 4.69) is 5.32 Å². The Morgan fingerprint density at radius 3 is 2.88 bits per heavy atom. The molecule has 0 aliphatic heterocycles. The van der Waals surface area contributed by atoms with Crippen molar-refractivity contribution in [3.05, 3.63) is 35.6 Å². The van der Waals surface area contributed by atoms with E-state index in [1.165, 1.54) is 6.07 Å². The lowest BCUT2D eigenvalue weighted by Gasteiger charge is -2.40. The van der Waals surface area contributed by atoms with E-state index in [0.717, 1.165) is 25.7 Å². The summed E-state index contributed by atoms with van der Waals surface area (Å²) in [5.41, 5.74) is -0.202. The molecule has 1 aliphatic carbocycles. The second kappa shape index (κ2) is 5.15. The Kier molecular flexibility index (Phi) is 3.79. The van der Waals surface area contributed by atoms with Gasteiger partial charge in [-0.25, -0.2) is 4.39 Å². The molecule has 17 heavy (non-hydrogen) atoms. The monoisotopic (exact) mass is 237 g/mol. The van der Waals surface area contributed by atoms with Crippen molar-refractivity contribution >= 4 is 0 Å². The van der Waals surface area contributed by atoms with Crippen LogP contribution in [0.1, 0.15) is 31.2 Å². The molecule has 1 aliphatic rings. The predicted octanol–water partition coefficient (Wildman–Crippen LogP) is 2.26. The van der Waals surface area contributed by atoms with E-state index in [-0.39, 0.29) is 11.9 Å². The lowest BCUT2D eigenvalue weighted by Crippen LogP contribution is -2.53. The SMILES string of the molecule is CNC1CCCCC1(O)Cc1ccccc1F. The summed E-state index contributed by atoms with van der Waals surface area (Å²) >= 11 is 0. The summed E-state index contributed by atoms with van der Waals surface area (Å²) in [6, 6.07) is 6.78. The van der Waals surface area contributed by atoms with Crippen molar-refractivity contribution in [2.45, 2.75) is 43.7 Å². The van der Waals surface area contributed by atoms with Crippen LogP contribution in [0.4, 0.5) is 4.39 Å². The van der Waals surface area contributed by atoms with Crippen LogP contribution in [-0.4, -0.2) is 23.8 Å². The van der Waals surface area contributed by atoms with Crippen molar-refractivity contribution in [2.75, 3.05) is 7.05 Å². The quantitative estimate of drug-likeness (QED) is 0.845. The highest BCUT2D eigenvalue weighted by molar-refractivity contribution is 5.20. The molecule has 2 atom stereocenters. The average Bonchev–Trinajstić information content (AvgIpc) is 2.32. The van der Waals surface area contributed by atoms with Gasteiger partial charge in [-0.3, -0.25) is 0 Å². The Labute approximate surface area is 102 Å². The first-order chi connectivity index (χ1) is 8.15. The number of hydrogen-bond donors (Lipinski definition) is 2. The van der Waals surface area contributed by atoms with Gasteiger partial charge in [0.15, 0.2) is 0 Å². The van der Waals surface area contributed by atoms with E-state index in [1.807, 2.05) is 13.1 Å². The van der Waals surface area contributed by atoms with Gasteiger partial charge in [-0.2, -0.15) is 0 Å². The standard InChI is InChI=1S/C14H20FNO/c1-16-13-8-4-5-9-14(13,17)10-11-6-2-3-7-12(11)15/h2-3,6-7,13,16-17H,4-5,8-10H2,1H3. The summed E-state index contributed by atoms with van der Waals surface area (Å²) in [7, 11) is 1.86. The molecule has 0 amide bonds. The summed E-state index contributed by atoms with van der Waals surface area (Å²) in [5, 5.41) is 13.8. The van der Waals surface area contributed by atoms with Crippen molar-refractivity contribution in [1.29, 1.82) is 0 Å². The topological polar surface area (TPSA) is 32.3 Å². The van der Waals surface area contributed by atoms with Crippen LogP contribution < -0.4 is 5.32 Å². The van der Waals surface area contributed by atoms with Crippen molar-refractivity contribution < 1.29 is 9.50 Å². The average molecular weight is 237 g/mol. The number of likely N-dealkylation sites (N-methyl/N-ethyl adjacent to an activating group) is 1. The van der Waals surface area contributed by atoms with E-state index >= 15 is 0 Å². The number of rotatable bonds is 3.